The molecule has 1 aliphatic heterocycles. The zero-order chi connectivity index (χ0) is 11.6. The van der Waals surface area contributed by atoms with E-state index in [0.29, 0.717) is 11.4 Å². The van der Waals surface area contributed by atoms with Gasteiger partial charge in [0.05, 0.1) is 6.61 Å². The number of hydrogen-bond acceptors (Lipinski definition) is 4. The minimum Gasteiger partial charge on any atom is -0.477 e. The third-order valence-corrected chi connectivity index (χ3v) is 3.85. The third kappa shape index (κ3) is 2.61. The van der Waals surface area contributed by atoms with Crippen LogP contribution in [-0.2, 0) is 11.3 Å². The molecule has 0 saturated carbocycles. The molecule has 2 N–H and O–H groups in total. The molecule has 1 aromatic heterocycles. The molecule has 2 heterocycles. The van der Waals surface area contributed by atoms with Gasteiger partial charge in [-0.2, -0.15) is 0 Å². The number of ether oxygens (including phenoxy) is 1. The normalized spacial score (nSPS) is 24.8. The molecule has 4 nitrogen and oxygen atoms in total. The quantitative estimate of drug-likeness (QED) is 0.842. The highest BCUT2D eigenvalue weighted by Gasteiger charge is 2.28. The largest absolute Gasteiger partial charge is 0.477 e. The lowest BCUT2D eigenvalue weighted by Gasteiger charge is -2.23. The first-order valence-electron chi connectivity index (χ1n) is 5.24. The molecular weight excluding hydrogens is 226 g/mol. The fraction of sp³-hybridized carbons (Fsp3) is 0.545. The van der Waals surface area contributed by atoms with Crippen molar-refractivity contribution in [2.75, 3.05) is 13.2 Å². The van der Waals surface area contributed by atoms with E-state index in [4.69, 9.17) is 9.84 Å². The number of rotatable bonds is 4. The molecule has 0 aromatic carbocycles. The van der Waals surface area contributed by atoms with Crippen molar-refractivity contribution in [3.8, 4) is 0 Å². The summed E-state index contributed by atoms with van der Waals surface area (Å²) in [7, 11) is 0. The molecule has 88 valence electrons. The molecule has 1 fully saturated rings. The molecule has 0 spiro atoms. The molecule has 2 rings (SSSR count). The molecule has 1 atom stereocenters. The van der Waals surface area contributed by atoms with Gasteiger partial charge in [-0.1, -0.05) is 0 Å². The van der Waals surface area contributed by atoms with Crippen molar-refractivity contribution in [1.29, 1.82) is 0 Å². The first kappa shape index (κ1) is 11.6. The third-order valence-electron chi connectivity index (χ3n) is 2.78. The SMILES string of the molecule is CC1(NCc2ccc(C(=O)O)s2)CCOC1. The van der Waals surface area contributed by atoms with E-state index in [2.05, 4.69) is 12.2 Å². The first-order valence-corrected chi connectivity index (χ1v) is 6.05. The van der Waals surface area contributed by atoms with E-state index >= 15 is 0 Å². The van der Waals surface area contributed by atoms with E-state index in [0.717, 1.165) is 24.5 Å². The lowest BCUT2D eigenvalue weighted by Crippen LogP contribution is -2.42. The van der Waals surface area contributed by atoms with Gasteiger partial charge in [0.1, 0.15) is 4.88 Å². The minimum absolute atomic E-state index is 0.0351. The summed E-state index contributed by atoms with van der Waals surface area (Å²) in [5.74, 6) is -0.855. The van der Waals surface area contributed by atoms with Gasteiger partial charge in [-0.25, -0.2) is 4.79 Å². The second-order valence-corrected chi connectivity index (χ2v) is 5.46. The maximum absolute atomic E-state index is 10.7. The fourth-order valence-electron chi connectivity index (χ4n) is 1.69. The van der Waals surface area contributed by atoms with Crippen LogP contribution in [0.2, 0.25) is 0 Å². The Kier molecular flexibility index (Phi) is 3.28. The van der Waals surface area contributed by atoms with Gasteiger partial charge in [-0.15, -0.1) is 11.3 Å². The Hall–Kier alpha value is -0.910. The molecule has 16 heavy (non-hydrogen) atoms. The predicted molar refractivity (Wildman–Crippen MR) is 62.0 cm³/mol. The Morgan fingerprint density at radius 1 is 1.69 bits per heavy atom. The zero-order valence-corrected chi connectivity index (χ0v) is 9.97. The molecule has 1 unspecified atom stereocenters. The van der Waals surface area contributed by atoms with Crippen LogP contribution in [0.4, 0.5) is 0 Å². The van der Waals surface area contributed by atoms with Crippen molar-refractivity contribution in [1.82, 2.24) is 5.32 Å². The summed E-state index contributed by atoms with van der Waals surface area (Å²) in [5.41, 5.74) is 0.0351. The Balaban J connectivity index is 1.91. The second-order valence-electron chi connectivity index (χ2n) is 4.29. The second kappa shape index (κ2) is 4.53. The smallest absolute Gasteiger partial charge is 0.345 e. The number of nitrogens with one attached hydrogen (secondary N) is 1. The van der Waals surface area contributed by atoms with Crippen LogP contribution in [0.1, 0.15) is 27.9 Å². The van der Waals surface area contributed by atoms with Gasteiger partial charge in [0.15, 0.2) is 0 Å². The summed E-state index contributed by atoms with van der Waals surface area (Å²) >= 11 is 1.32. The van der Waals surface area contributed by atoms with Crippen molar-refractivity contribution in [3.63, 3.8) is 0 Å². The summed E-state index contributed by atoms with van der Waals surface area (Å²) in [6, 6.07) is 3.51. The van der Waals surface area contributed by atoms with Crippen molar-refractivity contribution < 1.29 is 14.6 Å². The molecule has 1 saturated heterocycles. The highest BCUT2D eigenvalue weighted by Crippen LogP contribution is 2.21. The summed E-state index contributed by atoms with van der Waals surface area (Å²) in [6.45, 7) is 4.36. The van der Waals surface area contributed by atoms with Crippen LogP contribution in [0.15, 0.2) is 12.1 Å². The molecule has 5 heteroatoms. The number of carbonyl (C=O) groups is 1. The maximum atomic E-state index is 10.7. The van der Waals surface area contributed by atoms with Crippen molar-refractivity contribution in [2.45, 2.75) is 25.4 Å². The van der Waals surface area contributed by atoms with Crippen LogP contribution in [-0.4, -0.2) is 29.8 Å². The average Bonchev–Trinajstić information content (AvgIpc) is 2.84. The average molecular weight is 241 g/mol. The standard InChI is InChI=1S/C11H15NO3S/c1-11(4-5-15-7-11)12-6-8-2-3-9(16-8)10(13)14/h2-3,12H,4-7H2,1H3,(H,13,14). The summed E-state index contributed by atoms with van der Waals surface area (Å²) in [5, 5.41) is 12.2. The van der Waals surface area contributed by atoms with Gasteiger partial charge in [0, 0.05) is 23.6 Å². The monoisotopic (exact) mass is 241 g/mol. The van der Waals surface area contributed by atoms with Crippen LogP contribution in [0.3, 0.4) is 0 Å². The number of carboxylic acid groups (broad SMARTS) is 1. The van der Waals surface area contributed by atoms with Crippen LogP contribution < -0.4 is 5.32 Å². The predicted octanol–water partition coefficient (Wildman–Crippen LogP) is 1.71. The van der Waals surface area contributed by atoms with E-state index in [1.165, 1.54) is 11.3 Å². The molecule has 0 amide bonds. The van der Waals surface area contributed by atoms with Crippen LogP contribution in [0, 0.1) is 0 Å². The van der Waals surface area contributed by atoms with Gasteiger partial charge >= 0.3 is 5.97 Å². The van der Waals surface area contributed by atoms with Gasteiger partial charge in [0.2, 0.25) is 0 Å². The van der Waals surface area contributed by atoms with Gasteiger partial charge < -0.3 is 15.2 Å². The van der Waals surface area contributed by atoms with Crippen LogP contribution >= 0.6 is 11.3 Å². The summed E-state index contributed by atoms with van der Waals surface area (Å²) < 4.78 is 5.34. The molecule has 1 aromatic rings. The van der Waals surface area contributed by atoms with Crippen molar-refractivity contribution >= 4 is 17.3 Å². The highest BCUT2D eigenvalue weighted by molar-refractivity contribution is 7.13. The molecule has 0 aliphatic carbocycles. The summed E-state index contributed by atoms with van der Waals surface area (Å²) in [6.07, 6.45) is 1.00. The van der Waals surface area contributed by atoms with Gasteiger partial charge in [-0.3, -0.25) is 0 Å². The van der Waals surface area contributed by atoms with E-state index in [-0.39, 0.29) is 5.54 Å². The lowest BCUT2D eigenvalue weighted by molar-refractivity contribution is 0.0702. The maximum Gasteiger partial charge on any atom is 0.345 e. The number of hydrogen-bond donors (Lipinski definition) is 2. The Morgan fingerprint density at radius 3 is 3.06 bits per heavy atom. The van der Waals surface area contributed by atoms with E-state index < -0.39 is 5.97 Å². The fourth-order valence-corrected chi connectivity index (χ4v) is 2.48. The molecule has 0 radical (unpaired) electrons. The Morgan fingerprint density at radius 2 is 2.50 bits per heavy atom. The molecular formula is C11H15NO3S. The Labute approximate surface area is 98.2 Å². The van der Waals surface area contributed by atoms with Crippen LogP contribution in [0.5, 0.6) is 0 Å². The molecule has 0 bridgehead atoms. The lowest BCUT2D eigenvalue weighted by atomic mass is 10.0. The van der Waals surface area contributed by atoms with Crippen LogP contribution in [0.25, 0.3) is 0 Å². The topological polar surface area (TPSA) is 58.6 Å². The minimum atomic E-state index is -0.855. The zero-order valence-electron chi connectivity index (χ0n) is 9.16. The van der Waals surface area contributed by atoms with Crippen molar-refractivity contribution in [3.05, 3.63) is 21.9 Å². The van der Waals surface area contributed by atoms with E-state index in [1.54, 1.807) is 6.07 Å². The Bertz CT molecular complexity index is 382. The van der Waals surface area contributed by atoms with Crippen molar-refractivity contribution in [2.24, 2.45) is 0 Å². The number of thiophene rings is 1. The molecule has 1 aliphatic rings. The van der Waals surface area contributed by atoms with Gasteiger partial charge in [-0.05, 0) is 25.5 Å². The van der Waals surface area contributed by atoms with Gasteiger partial charge in [0.25, 0.3) is 0 Å². The van der Waals surface area contributed by atoms with E-state index in [9.17, 15) is 4.79 Å². The first-order chi connectivity index (χ1) is 7.59. The van der Waals surface area contributed by atoms with E-state index in [1.807, 2.05) is 6.07 Å². The summed E-state index contributed by atoms with van der Waals surface area (Å²) in [4.78, 5) is 12.1. The number of aromatic carboxylic acids is 1. The highest BCUT2D eigenvalue weighted by atomic mass is 32.1. The number of carboxylic acids is 1.